The van der Waals surface area contributed by atoms with Gasteiger partial charge < -0.3 is 15.0 Å². The minimum atomic E-state index is -0.416. The average Bonchev–Trinajstić information content (AvgIpc) is 2.82. The normalized spacial score (nSPS) is 20.5. The Balaban J connectivity index is 1.59. The number of nitrogens with zero attached hydrogens (tertiary/aromatic N) is 2. The van der Waals surface area contributed by atoms with E-state index in [-0.39, 0.29) is 11.3 Å². The second kappa shape index (κ2) is 8.81. The first-order valence-corrected chi connectivity index (χ1v) is 11.8. The molecule has 1 aromatic carbocycles. The number of piperidine rings is 1. The third-order valence-corrected chi connectivity index (χ3v) is 6.59. The van der Waals surface area contributed by atoms with E-state index in [0.717, 1.165) is 62.2 Å². The first kappa shape index (κ1) is 20.8. The van der Waals surface area contributed by atoms with Gasteiger partial charge >= 0.3 is 0 Å². The van der Waals surface area contributed by atoms with Crippen LogP contribution in [-0.4, -0.2) is 35.4 Å². The number of benzene rings is 1. The molecule has 3 aliphatic rings. The van der Waals surface area contributed by atoms with E-state index < -0.39 is 5.92 Å². The molecular weight excluding hydrogens is 404 g/mol. The molecule has 7 nitrogen and oxygen atoms in total. The van der Waals surface area contributed by atoms with Gasteiger partial charge in [-0.3, -0.25) is 14.6 Å². The maximum Gasteiger partial charge on any atom is 0.258 e. The predicted molar refractivity (Wildman–Crippen MR) is 124 cm³/mol. The Kier molecular flexibility index (Phi) is 5.72. The molecule has 1 fully saturated rings. The number of rotatable bonds is 5. The van der Waals surface area contributed by atoms with Crippen molar-refractivity contribution in [3.63, 3.8) is 0 Å². The van der Waals surface area contributed by atoms with E-state index >= 15 is 0 Å². The molecule has 2 aliphatic heterocycles. The molecule has 0 spiro atoms. The number of allylic oxidation sites excluding steroid dienone is 2. The molecule has 0 amide bonds. The van der Waals surface area contributed by atoms with Crippen LogP contribution < -0.4 is 20.5 Å². The summed E-state index contributed by atoms with van der Waals surface area (Å²) in [5, 5.41) is 3.37. The van der Waals surface area contributed by atoms with Gasteiger partial charge in [0, 0.05) is 36.7 Å². The summed E-state index contributed by atoms with van der Waals surface area (Å²) < 4.78 is 5.72. The number of Topliss-reactive ketones (excluding diaryl/α,β-unsaturated/α-hetero) is 1. The van der Waals surface area contributed by atoms with Gasteiger partial charge in [0.1, 0.15) is 11.6 Å². The van der Waals surface area contributed by atoms with Crippen LogP contribution >= 0.6 is 0 Å². The largest absolute Gasteiger partial charge is 0.494 e. The first-order chi connectivity index (χ1) is 15.7. The number of aromatic amines is 1. The molecule has 0 radical (unpaired) electrons. The molecule has 1 aromatic heterocycles. The zero-order valence-corrected chi connectivity index (χ0v) is 18.6. The number of aromatic nitrogens is 2. The van der Waals surface area contributed by atoms with E-state index in [1.165, 1.54) is 6.42 Å². The van der Waals surface area contributed by atoms with Crippen LogP contribution in [0, 0.1) is 0 Å². The van der Waals surface area contributed by atoms with Crippen molar-refractivity contribution < 1.29 is 9.53 Å². The summed E-state index contributed by atoms with van der Waals surface area (Å²) in [6, 6.07) is 7.78. The minimum absolute atomic E-state index is 0.111. The number of ether oxygens (including phenoxy) is 1. The first-order valence-electron chi connectivity index (χ1n) is 11.8. The Morgan fingerprint density at radius 3 is 2.59 bits per heavy atom. The number of hydrogen-bond donors (Lipinski definition) is 2. The Morgan fingerprint density at radius 1 is 1.06 bits per heavy atom. The molecule has 5 rings (SSSR count). The molecule has 1 saturated heterocycles. The summed E-state index contributed by atoms with van der Waals surface area (Å²) in [5.74, 6) is 1.69. The van der Waals surface area contributed by atoms with Crippen LogP contribution in [0.25, 0.3) is 0 Å². The summed E-state index contributed by atoms with van der Waals surface area (Å²) in [7, 11) is 0. The molecule has 7 heteroatoms. The second-order valence-corrected chi connectivity index (χ2v) is 8.84. The molecule has 3 heterocycles. The van der Waals surface area contributed by atoms with Crippen molar-refractivity contribution in [3.05, 3.63) is 57.0 Å². The number of fused-ring (bicyclic) bond motifs is 1. The van der Waals surface area contributed by atoms with Gasteiger partial charge in [-0.25, -0.2) is 0 Å². The third-order valence-electron chi connectivity index (χ3n) is 6.59. The third kappa shape index (κ3) is 3.80. The number of anilines is 2. The Morgan fingerprint density at radius 2 is 1.84 bits per heavy atom. The molecule has 0 unspecified atom stereocenters. The van der Waals surface area contributed by atoms with E-state index in [1.54, 1.807) is 0 Å². The second-order valence-electron chi connectivity index (χ2n) is 8.84. The van der Waals surface area contributed by atoms with Crippen LogP contribution in [0.1, 0.15) is 68.9 Å². The van der Waals surface area contributed by atoms with Crippen molar-refractivity contribution in [1.82, 2.24) is 9.97 Å². The monoisotopic (exact) mass is 434 g/mol. The van der Waals surface area contributed by atoms with Crippen molar-refractivity contribution in [1.29, 1.82) is 0 Å². The number of nitrogens with one attached hydrogen (secondary N) is 2. The fourth-order valence-electron chi connectivity index (χ4n) is 5.01. The minimum Gasteiger partial charge on any atom is -0.494 e. The number of H-pyrrole nitrogens is 1. The van der Waals surface area contributed by atoms with E-state index in [4.69, 9.17) is 9.72 Å². The zero-order chi connectivity index (χ0) is 22.1. The maximum absolute atomic E-state index is 13.4. The van der Waals surface area contributed by atoms with Crippen molar-refractivity contribution in [2.45, 2.75) is 57.8 Å². The standard InChI is InChI=1S/C25H30N4O3/c1-2-15-32-17-11-9-16(10-12-17)20-21-18(7-6-8-19(21)30)26-23-22(20)24(31)28-25(27-23)29-13-4-3-5-14-29/h9-12,20H,2-8,13-15H2,1H3,(H2,26,27,28,31)/t20-/m1/s1. The van der Waals surface area contributed by atoms with Gasteiger partial charge in [-0.1, -0.05) is 19.1 Å². The van der Waals surface area contributed by atoms with Crippen molar-refractivity contribution >= 4 is 17.5 Å². The smallest absolute Gasteiger partial charge is 0.258 e. The maximum atomic E-state index is 13.4. The molecule has 168 valence electrons. The molecule has 2 aromatic rings. The highest BCUT2D eigenvalue weighted by Gasteiger charge is 2.38. The highest BCUT2D eigenvalue weighted by Crippen LogP contribution is 2.43. The van der Waals surface area contributed by atoms with E-state index in [9.17, 15) is 9.59 Å². The number of hydrogen-bond acceptors (Lipinski definition) is 6. The quantitative estimate of drug-likeness (QED) is 0.736. The lowest BCUT2D eigenvalue weighted by atomic mass is 9.76. The van der Waals surface area contributed by atoms with Crippen LogP contribution in [0.4, 0.5) is 11.8 Å². The summed E-state index contributed by atoms with van der Waals surface area (Å²) in [5.41, 5.74) is 2.89. The molecule has 2 N–H and O–H groups in total. The number of ketones is 1. The topological polar surface area (TPSA) is 87.3 Å². The highest BCUT2D eigenvalue weighted by atomic mass is 16.5. The van der Waals surface area contributed by atoms with Crippen LogP contribution in [0.5, 0.6) is 5.75 Å². The van der Waals surface area contributed by atoms with Crippen LogP contribution in [-0.2, 0) is 4.79 Å². The number of carbonyl (C=O) groups is 1. The lowest BCUT2D eigenvalue weighted by molar-refractivity contribution is -0.116. The van der Waals surface area contributed by atoms with Crippen molar-refractivity contribution in [2.75, 3.05) is 29.9 Å². The van der Waals surface area contributed by atoms with Crippen LogP contribution in [0.2, 0.25) is 0 Å². The average molecular weight is 435 g/mol. The summed E-state index contributed by atoms with van der Waals surface area (Å²) in [6.07, 6.45) is 6.49. The fraction of sp³-hybridized carbons (Fsp3) is 0.480. The van der Waals surface area contributed by atoms with Crippen LogP contribution in [0.15, 0.2) is 40.3 Å². The van der Waals surface area contributed by atoms with Gasteiger partial charge in [0.25, 0.3) is 5.56 Å². The lowest BCUT2D eigenvalue weighted by Gasteiger charge is -2.34. The van der Waals surface area contributed by atoms with Crippen molar-refractivity contribution in [2.24, 2.45) is 0 Å². The van der Waals surface area contributed by atoms with Gasteiger partial charge in [-0.2, -0.15) is 4.98 Å². The van der Waals surface area contributed by atoms with Gasteiger partial charge in [-0.15, -0.1) is 0 Å². The zero-order valence-electron chi connectivity index (χ0n) is 18.6. The molecule has 32 heavy (non-hydrogen) atoms. The summed E-state index contributed by atoms with van der Waals surface area (Å²) >= 11 is 0. The molecule has 1 aliphatic carbocycles. The Labute approximate surface area is 187 Å². The number of carbonyl (C=O) groups excluding carboxylic acids is 1. The van der Waals surface area contributed by atoms with E-state index in [1.807, 2.05) is 24.3 Å². The summed E-state index contributed by atoms with van der Waals surface area (Å²) in [6.45, 7) is 4.53. The fourth-order valence-corrected chi connectivity index (χ4v) is 5.01. The Bertz CT molecular complexity index is 1100. The molecule has 0 saturated carbocycles. The highest BCUT2D eigenvalue weighted by molar-refractivity contribution is 6.00. The summed E-state index contributed by atoms with van der Waals surface area (Å²) in [4.78, 5) is 36.4. The van der Waals surface area contributed by atoms with Gasteiger partial charge in [0.15, 0.2) is 5.78 Å². The van der Waals surface area contributed by atoms with Gasteiger partial charge in [-0.05, 0) is 56.2 Å². The van der Waals surface area contributed by atoms with E-state index in [2.05, 4.69) is 22.1 Å². The van der Waals surface area contributed by atoms with Crippen molar-refractivity contribution in [3.8, 4) is 5.75 Å². The lowest BCUT2D eigenvalue weighted by Crippen LogP contribution is -2.36. The molecule has 0 bridgehead atoms. The van der Waals surface area contributed by atoms with Gasteiger partial charge in [0.05, 0.1) is 12.2 Å². The van der Waals surface area contributed by atoms with Crippen LogP contribution in [0.3, 0.4) is 0 Å². The van der Waals surface area contributed by atoms with Gasteiger partial charge in [0.2, 0.25) is 5.95 Å². The predicted octanol–water partition coefficient (Wildman–Crippen LogP) is 4.11. The molecule has 1 atom stereocenters. The van der Waals surface area contributed by atoms with E-state index in [0.29, 0.717) is 35.9 Å². The Hall–Kier alpha value is -3.09. The molecular formula is C25H30N4O3. The SMILES string of the molecule is CCCOc1ccc([C@@H]2C3=C(CCCC3=O)Nc3nc(N4CCCCC4)[nH]c(=O)c32)cc1.